The number of benzene rings is 1. The SMILES string of the molecule is COc1ccc(-c2ccnc(NC(CC(C)C)C(=O)O)n2)cc1. The van der Waals surface area contributed by atoms with Crippen LogP contribution in [0.25, 0.3) is 11.3 Å². The Hall–Kier alpha value is -2.63. The van der Waals surface area contributed by atoms with Crippen LogP contribution in [0.2, 0.25) is 0 Å². The van der Waals surface area contributed by atoms with E-state index in [9.17, 15) is 9.90 Å². The molecule has 6 nitrogen and oxygen atoms in total. The van der Waals surface area contributed by atoms with Crippen molar-refractivity contribution >= 4 is 11.9 Å². The van der Waals surface area contributed by atoms with Gasteiger partial charge in [-0.1, -0.05) is 13.8 Å². The summed E-state index contributed by atoms with van der Waals surface area (Å²) in [4.78, 5) is 19.9. The summed E-state index contributed by atoms with van der Waals surface area (Å²) in [5.41, 5.74) is 1.63. The van der Waals surface area contributed by atoms with Gasteiger partial charge in [-0.05, 0) is 42.7 Å². The van der Waals surface area contributed by atoms with Gasteiger partial charge in [0.2, 0.25) is 5.95 Å². The maximum absolute atomic E-state index is 11.3. The molecule has 0 aliphatic carbocycles. The second kappa shape index (κ2) is 7.58. The summed E-state index contributed by atoms with van der Waals surface area (Å²) in [6.45, 7) is 3.96. The zero-order valence-electron chi connectivity index (χ0n) is 13.5. The molecule has 2 rings (SSSR count). The number of anilines is 1. The lowest BCUT2D eigenvalue weighted by Crippen LogP contribution is -2.31. The van der Waals surface area contributed by atoms with Gasteiger partial charge in [0.1, 0.15) is 11.8 Å². The minimum Gasteiger partial charge on any atom is -0.497 e. The summed E-state index contributed by atoms with van der Waals surface area (Å²) in [7, 11) is 1.61. The topological polar surface area (TPSA) is 84.3 Å². The van der Waals surface area contributed by atoms with Crippen molar-refractivity contribution in [2.75, 3.05) is 12.4 Å². The zero-order chi connectivity index (χ0) is 16.8. The van der Waals surface area contributed by atoms with Crippen LogP contribution in [-0.2, 0) is 4.79 Å². The van der Waals surface area contributed by atoms with Crippen LogP contribution in [0.5, 0.6) is 5.75 Å². The Bertz CT molecular complexity index is 656. The summed E-state index contributed by atoms with van der Waals surface area (Å²) in [5, 5.41) is 12.2. The molecule has 1 atom stereocenters. The number of ether oxygens (including phenoxy) is 1. The van der Waals surface area contributed by atoms with E-state index in [2.05, 4.69) is 15.3 Å². The second-order valence-corrected chi connectivity index (χ2v) is 5.66. The maximum Gasteiger partial charge on any atom is 0.326 e. The van der Waals surface area contributed by atoms with E-state index in [-0.39, 0.29) is 5.92 Å². The zero-order valence-corrected chi connectivity index (χ0v) is 13.5. The Labute approximate surface area is 135 Å². The molecule has 0 aliphatic rings. The van der Waals surface area contributed by atoms with Crippen LogP contribution in [-0.4, -0.2) is 34.2 Å². The van der Waals surface area contributed by atoms with Gasteiger partial charge in [-0.15, -0.1) is 0 Å². The molecule has 1 aromatic heterocycles. The Morgan fingerprint density at radius 2 is 1.96 bits per heavy atom. The van der Waals surface area contributed by atoms with Crippen LogP contribution >= 0.6 is 0 Å². The molecule has 0 radical (unpaired) electrons. The smallest absolute Gasteiger partial charge is 0.326 e. The van der Waals surface area contributed by atoms with E-state index in [1.165, 1.54) is 0 Å². The predicted octanol–water partition coefficient (Wildman–Crippen LogP) is 3.06. The van der Waals surface area contributed by atoms with Crippen LogP contribution in [0.15, 0.2) is 36.5 Å². The van der Waals surface area contributed by atoms with Crippen LogP contribution in [0.1, 0.15) is 20.3 Å². The fourth-order valence-corrected chi connectivity index (χ4v) is 2.20. The Kier molecular flexibility index (Phi) is 5.51. The molecule has 23 heavy (non-hydrogen) atoms. The fraction of sp³-hybridized carbons (Fsp3) is 0.353. The van der Waals surface area contributed by atoms with Crippen LogP contribution in [0, 0.1) is 5.92 Å². The van der Waals surface area contributed by atoms with Gasteiger partial charge in [0.15, 0.2) is 0 Å². The van der Waals surface area contributed by atoms with Gasteiger partial charge in [-0.25, -0.2) is 14.8 Å². The Morgan fingerprint density at radius 1 is 1.26 bits per heavy atom. The van der Waals surface area contributed by atoms with Gasteiger partial charge in [-0.3, -0.25) is 0 Å². The molecular formula is C17H21N3O3. The molecule has 6 heteroatoms. The summed E-state index contributed by atoms with van der Waals surface area (Å²) in [5.74, 6) is 0.431. The Morgan fingerprint density at radius 3 is 2.52 bits per heavy atom. The second-order valence-electron chi connectivity index (χ2n) is 5.66. The fourth-order valence-electron chi connectivity index (χ4n) is 2.20. The molecule has 0 aliphatic heterocycles. The molecule has 1 aromatic carbocycles. The first kappa shape index (κ1) is 16.7. The quantitative estimate of drug-likeness (QED) is 0.817. The molecule has 0 bridgehead atoms. The number of nitrogens with one attached hydrogen (secondary N) is 1. The van der Waals surface area contributed by atoms with Gasteiger partial charge < -0.3 is 15.2 Å². The van der Waals surface area contributed by atoms with Gasteiger partial charge >= 0.3 is 5.97 Å². The summed E-state index contributed by atoms with van der Waals surface area (Å²) < 4.78 is 5.13. The van der Waals surface area contributed by atoms with Gasteiger partial charge in [-0.2, -0.15) is 0 Å². The van der Waals surface area contributed by atoms with E-state index in [1.54, 1.807) is 19.4 Å². The van der Waals surface area contributed by atoms with E-state index in [4.69, 9.17) is 4.74 Å². The number of aromatic nitrogens is 2. The molecule has 1 unspecified atom stereocenters. The van der Waals surface area contributed by atoms with E-state index < -0.39 is 12.0 Å². The lowest BCUT2D eigenvalue weighted by atomic mass is 10.0. The van der Waals surface area contributed by atoms with E-state index >= 15 is 0 Å². The lowest BCUT2D eigenvalue weighted by Gasteiger charge is -2.16. The molecule has 0 spiro atoms. The van der Waals surface area contributed by atoms with Gasteiger partial charge in [0.05, 0.1) is 12.8 Å². The van der Waals surface area contributed by atoms with Crippen molar-refractivity contribution in [3.63, 3.8) is 0 Å². The van der Waals surface area contributed by atoms with Crippen molar-refractivity contribution in [3.05, 3.63) is 36.5 Å². The van der Waals surface area contributed by atoms with Crippen LogP contribution in [0.4, 0.5) is 5.95 Å². The molecule has 122 valence electrons. The molecule has 0 fully saturated rings. The van der Waals surface area contributed by atoms with E-state index in [0.29, 0.717) is 12.4 Å². The van der Waals surface area contributed by atoms with Crippen LogP contribution < -0.4 is 10.1 Å². The van der Waals surface area contributed by atoms with Crippen molar-refractivity contribution in [2.45, 2.75) is 26.3 Å². The first-order valence-electron chi connectivity index (χ1n) is 7.46. The van der Waals surface area contributed by atoms with Crippen LogP contribution in [0.3, 0.4) is 0 Å². The summed E-state index contributed by atoms with van der Waals surface area (Å²) >= 11 is 0. The minimum absolute atomic E-state index is 0.258. The number of nitrogens with zero attached hydrogens (tertiary/aromatic N) is 2. The Balaban J connectivity index is 2.19. The maximum atomic E-state index is 11.3. The average Bonchev–Trinajstić information content (AvgIpc) is 2.54. The summed E-state index contributed by atoms with van der Waals surface area (Å²) in [6.07, 6.45) is 2.12. The van der Waals surface area contributed by atoms with Crippen molar-refractivity contribution < 1.29 is 14.6 Å². The van der Waals surface area contributed by atoms with Crippen molar-refractivity contribution in [3.8, 4) is 17.0 Å². The molecular weight excluding hydrogens is 294 g/mol. The number of hydrogen-bond acceptors (Lipinski definition) is 5. The van der Waals surface area contributed by atoms with Crippen molar-refractivity contribution in [1.82, 2.24) is 9.97 Å². The third-order valence-corrected chi connectivity index (χ3v) is 3.35. The highest BCUT2D eigenvalue weighted by Crippen LogP contribution is 2.21. The third-order valence-electron chi connectivity index (χ3n) is 3.35. The van der Waals surface area contributed by atoms with Gasteiger partial charge in [0.25, 0.3) is 0 Å². The highest BCUT2D eigenvalue weighted by atomic mass is 16.5. The predicted molar refractivity (Wildman–Crippen MR) is 88.5 cm³/mol. The molecule has 0 saturated heterocycles. The van der Waals surface area contributed by atoms with Crippen molar-refractivity contribution in [1.29, 1.82) is 0 Å². The standard InChI is InChI=1S/C17H21N3O3/c1-11(2)10-15(16(21)22)20-17-18-9-8-14(19-17)12-4-6-13(23-3)7-5-12/h4-9,11,15H,10H2,1-3H3,(H,21,22)(H,18,19,20). The highest BCUT2D eigenvalue weighted by molar-refractivity contribution is 5.76. The molecule has 2 N–H and O–H groups in total. The summed E-state index contributed by atoms with van der Waals surface area (Å²) in [6, 6.07) is 8.57. The van der Waals surface area contributed by atoms with E-state index in [0.717, 1.165) is 17.0 Å². The molecule has 0 saturated carbocycles. The third kappa shape index (κ3) is 4.67. The normalized spacial score (nSPS) is 12.0. The lowest BCUT2D eigenvalue weighted by molar-refractivity contribution is -0.138. The molecule has 0 amide bonds. The first-order chi connectivity index (χ1) is 11.0. The first-order valence-corrected chi connectivity index (χ1v) is 7.46. The molecule has 1 heterocycles. The highest BCUT2D eigenvalue weighted by Gasteiger charge is 2.19. The average molecular weight is 315 g/mol. The number of methoxy groups -OCH3 is 1. The number of carbonyl (C=O) groups is 1. The number of aliphatic carboxylic acids is 1. The van der Waals surface area contributed by atoms with E-state index in [1.807, 2.05) is 38.1 Å². The number of hydrogen-bond donors (Lipinski definition) is 2. The number of rotatable bonds is 7. The number of carboxylic acid groups (broad SMARTS) is 1. The largest absolute Gasteiger partial charge is 0.497 e. The molecule has 2 aromatic rings. The minimum atomic E-state index is -0.905. The van der Waals surface area contributed by atoms with Gasteiger partial charge in [0, 0.05) is 11.8 Å². The number of carboxylic acids is 1. The van der Waals surface area contributed by atoms with Crippen molar-refractivity contribution in [2.24, 2.45) is 5.92 Å². The monoisotopic (exact) mass is 315 g/mol.